The van der Waals surface area contributed by atoms with Gasteiger partial charge in [0, 0.05) is 29.9 Å². The molecule has 0 radical (unpaired) electrons. The molecule has 3 heterocycles. The molecule has 5 rings (SSSR count). The van der Waals surface area contributed by atoms with Crippen molar-refractivity contribution in [3.8, 4) is 5.75 Å². The highest BCUT2D eigenvalue weighted by atomic mass is 19.4. The van der Waals surface area contributed by atoms with E-state index in [2.05, 4.69) is 20.4 Å². The average Bonchev–Trinajstić information content (AvgIpc) is 3.66. The lowest BCUT2D eigenvalue weighted by Crippen LogP contribution is -2.53. The summed E-state index contributed by atoms with van der Waals surface area (Å²) in [7, 11) is 0. The maximum atomic E-state index is 13.6. The number of Topliss-reactive ketones (excluding diaryl/α,β-unsaturated/α-hetero) is 1. The highest BCUT2D eigenvalue weighted by Gasteiger charge is 2.50. The predicted molar refractivity (Wildman–Crippen MR) is 130 cm³/mol. The van der Waals surface area contributed by atoms with E-state index in [1.54, 1.807) is 0 Å². The molecule has 4 N–H and O–H groups in total. The largest absolute Gasteiger partial charge is 0.573 e. The number of hydrogen-bond acceptors (Lipinski definition) is 6. The first-order valence-electron chi connectivity index (χ1n) is 13.0. The highest BCUT2D eigenvalue weighted by molar-refractivity contribution is 6.02. The Morgan fingerprint density at radius 2 is 2.00 bits per heavy atom. The number of aromatic amines is 1. The fourth-order valence-corrected chi connectivity index (χ4v) is 6.25. The van der Waals surface area contributed by atoms with E-state index in [0.717, 1.165) is 18.9 Å². The van der Waals surface area contributed by atoms with Gasteiger partial charge >= 0.3 is 6.36 Å². The molecule has 2 saturated heterocycles. The first kappa shape index (κ1) is 27.0. The Morgan fingerprint density at radius 1 is 1.21 bits per heavy atom. The highest BCUT2D eigenvalue weighted by Crippen LogP contribution is 2.43. The number of rotatable bonds is 8. The first-order chi connectivity index (χ1) is 18.6. The molecule has 13 heteroatoms. The van der Waals surface area contributed by atoms with Gasteiger partial charge in [0.25, 0.3) is 5.91 Å². The van der Waals surface area contributed by atoms with Crippen molar-refractivity contribution in [3.63, 3.8) is 0 Å². The van der Waals surface area contributed by atoms with Crippen molar-refractivity contribution in [2.24, 2.45) is 17.8 Å². The van der Waals surface area contributed by atoms with Gasteiger partial charge in [-0.2, -0.15) is 0 Å². The summed E-state index contributed by atoms with van der Waals surface area (Å²) in [5.74, 6) is -2.99. The minimum Gasteiger partial charge on any atom is -0.405 e. The van der Waals surface area contributed by atoms with Gasteiger partial charge in [-0.15, -0.1) is 13.2 Å². The molecule has 5 unspecified atom stereocenters. The van der Waals surface area contributed by atoms with E-state index in [4.69, 9.17) is 0 Å². The molecule has 5 atom stereocenters. The Bertz CT molecular complexity index is 1290. The first-order valence-corrected chi connectivity index (χ1v) is 13.0. The number of carbonyl (C=O) groups excluding carboxylic acids is 4. The Hall–Kier alpha value is -3.61. The van der Waals surface area contributed by atoms with Gasteiger partial charge in [-0.3, -0.25) is 19.2 Å². The third-order valence-corrected chi connectivity index (χ3v) is 8.04. The molecular formula is C26H29F3N4O6. The number of ketones is 1. The summed E-state index contributed by atoms with van der Waals surface area (Å²) in [6, 6.07) is 3.31. The van der Waals surface area contributed by atoms with E-state index in [9.17, 15) is 37.5 Å². The van der Waals surface area contributed by atoms with Crippen LogP contribution < -0.4 is 15.4 Å². The Kier molecular flexibility index (Phi) is 7.27. The van der Waals surface area contributed by atoms with Crippen LogP contribution in [-0.2, 0) is 14.4 Å². The van der Waals surface area contributed by atoms with E-state index in [0.29, 0.717) is 19.4 Å². The van der Waals surface area contributed by atoms with E-state index in [1.807, 2.05) is 0 Å². The van der Waals surface area contributed by atoms with Crippen LogP contribution in [0.1, 0.15) is 42.6 Å². The quantitative estimate of drug-likeness (QED) is 0.396. The summed E-state index contributed by atoms with van der Waals surface area (Å²) >= 11 is 0. The molecular weight excluding hydrogens is 521 g/mol. The molecule has 0 spiro atoms. The van der Waals surface area contributed by atoms with E-state index < -0.39 is 54.3 Å². The predicted octanol–water partition coefficient (Wildman–Crippen LogP) is 1.88. The van der Waals surface area contributed by atoms with Gasteiger partial charge in [-0.05, 0) is 55.7 Å². The number of halogens is 3. The molecule has 39 heavy (non-hydrogen) atoms. The van der Waals surface area contributed by atoms with Crippen LogP contribution in [0.25, 0.3) is 10.9 Å². The number of nitrogens with one attached hydrogen (secondary N) is 3. The van der Waals surface area contributed by atoms with Gasteiger partial charge in [0.1, 0.15) is 24.1 Å². The van der Waals surface area contributed by atoms with Crippen molar-refractivity contribution >= 4 is 34.4 Å². The number of aliphatic hydroxyl groups is 1. The smallest absolute Gasteiger partial charge is 0.405 e. The van der Waals surface area contributed by atoms with Crippen LogP contribution in [0.3, 0.4) is 0 Å². The number of amides is 3. The van der Waals surface area contributed by atoms with Crippen molar-refractivity contribution in [2.75, 3.05) is 19.7 Å². The number of benzene rings is 1. The molecule has 210 valence electrons. The number of hydrogen-bond donors (Lipinski definition) is 4. The summed E-state index contributed by atoms with van der Waals surface area (Å²) in [4.78, 5) is 56.0. The van der Waals surface area contributed by atoms with Crippen LogP contribution >= 0.6 is 0 Å². The standard InChI is InChI=1S/C26H29F3N4O6/c27-26(28,29)39-21-6-2-5-17-16(21)10-19(31-17)25(38)33-11-14-3-1-4-15(14)22(33)24(37)32-18(20(35)12-34)9-13-7-8-30-23(13)36/h2,5-6,10,13-15,18,22,31,34H,1,3-4,7-9,11-12H2,(H,30,36)(H,32,37). The van der Waals surface area contributed by atoms with Crippen molar-refractivity contribution in [2.45, 2.75) is 50.6 Å². The third-order valence-electron chi connectivity index (χ3n) is 8.04. The topological polar surface area (TPSA) is 141 Å². The van der Waals surface area contributed by atoms with Crippen LogP contribution in [-0.4, -0.2) is 76.6 Å². The molecule has 1 saturated carbocycles. The summed E-state index contributed by atoms with van der Waals surface area (Å²) in [6.45, 7) is -0.0606. The molecule has 1 aliphatic carbocycles. The molecule has 0 bridgehead atoms. The number of ether oxygens (including phenoxy) is 1. The van der Waals surface area contributed by atoms with Gasteiger partial charge < -0.3 is 30.4 Å². The normalized spacial score (nSPS) is 25.4. The lowest BCUT2D eigenvalue weighted by molar-refractivity contribution is -0.274. The van der Waals surface area contributed by atoms with Crippen LogP contribution in [0.15, 0.2) is 24.3 Å². The number of aliphatic hydroxyl groups excluding tert-OH is 1. The molecule has 2 aromatic rings. The average molecular weight is 551 g/mol. The number of fused-ring (bicyclic) bond motifs is 2. The van der Waals surface area contributed by atoms with Gasteiger partial charge in [0.15, 0.2) is 5.78 Å². The number of alkyl halides is 3. The molecule has 1 aromatic carbocycles. The SMILES string of the molecule is O=C1NCCC1CC(NC(=O)C1C2CCCC2CN1C(=O)c1cc2c(OC(F)(F)F)cccc2[nH]1)C(=O)CO. The number of likely N-dealkylation sites (tertiary alicyclic amines) is 1. The van der Waals surface area contributed by atoms with Crippen LogP contribution in [0, 0.1) is 17.8 Å². The molecule has 3 amide bonds. The molecule has 3 aliphatic rings. The second-order valence-electron chi connectivity index (χ2n) is 10.4. The zero-order valence-corrected chi connectivity index (χ0v) is 20.9. The van der Waals surface area contributed by atoms with Crippen molar-refractivity contribution in [3.05, 3.63) is 30.0 Å². The fraction of sp³-hybridized carbons (Fsp3) is 0.538. The molecule has 2 aliphatic heterocycles. The number of carbonyl (C=O) groups is 4. The lowest BCUT2D eigenvalue weighted by Gasteiger charge is -2.29. The van der Waals surface area contributed by atoms with Crippen LogP contribution in [0.2, 0.25) is 0 Å². The Labute approximate surface area is 221 Å². The Balaban J connectivity index is 1.39. The summed E-state index contributed by atoms with van der Waals surface area (Å²) < 4.78 is 42.7. The molecule has 3 fully saturated rings. The number of H-pyrrole nitrogens is 1. The lowest BCUT2D eigenvalue weighted by atomic mass is 9.92. The summed E-state index contributed by atoms with van der Waals surface area (Å²) in [5.41, 5.74) is 0.274. The van der Waals surface area contributed by atoms with Crippen LogP contribution in [0.5, 0.6) is 5.75 Å². The number of nitrogens with zero attached hydrogens (tertiary/aromatic N) is 1. The van der Waals surface area contributed by atoms with E-state index in [1.165, 1.54) is 23.1 Å². The molecule has 10 nitrogen and oxygen atoms in total. The number of aromatic nitrogens is 1. The van der Waals surface area contributed by atoms with E-state index >= 15 is 0 Å². The van der Waals surface area contributed by atoms with Crippen molar-refractivity contribution < 1.29 is 42.2 Å². The fourth-order valence-electron chi connectivity index (χ4n) is 6.25. The van der Waals surface area contributed by atoms with Gasteiger partial charge in [-0.1, -0.05) is 12.5 Å². The zero-order valence-electron chi connectivity index (χ0n) is 20.9. The van der Waals surface area contributed by atoms with Crippen molar-refractivity contribution in [1.29, 1.82) is 0 Å². The maximum absolute atomic E-state index is 13.6. The summed E-state index contributed by atoms with van der Waals surface area (Å²) in [5, 5.41) is 14.9. The van der Waals surface area contributed by atoms with Gasteiger partial charge in [0.05, 0.1) is 6.04 Å². The molecule has 1 aromatic heterocycles. The van der Waals surface area contributed by atoms with Crippen LogP contribution in [0.4, 0.5) is 13.2 Å². The monoisotopic (exact) mass is 550 g/mol. The second-order valence-corrected chi connectivity index (χ2v) is 10.4. The Morgan fingerprint density at radius 3 is 2.69 bits per heavy atom. The maximum Gasteiger partial charge on any atom is 0.573 e. The minimum atomic E-state index is -4.91. The van der Waals surface area contributed by atoms with Gasteiger partial charge in [0.2, 0.25) is 11.8 Å². The zero-order chi connectivity index (χ0) is 27.9. The van der Waals surface area contributed by atoms with E-state index in [-0.39, 0.29) is 47.3 Å². The van der Waals surface area contributed by atoms with Crippen molar-refractivity contribution in [1.82, 2.24) is 20.5 Å². The second kappa shape index (κ2) is 10.5. The minimum absolute atomic E-state index is 0.00612. The summed E-state index contributed by atoms with van der Waals surface area (Å²) in [6.07, 6.45) is -1.97. The third kappa shape index (κ3) is 5.45. The van der Waals surface area contributed by atoms with Gasteiger partial charge in [-0.25, -0.2) is 0 Å².